The minimum atomic E-state index is -0.392. The lowest BCUT2D eigenvalue weighted by Crippen LogP contribution is -2.24. The Labute approximate surface area is 245 Å². The fourth-order valence-electron chi connectivity index (χ4n) is 4.69. The van der Waals surface area contributed by atoms with Gasteiger partial charge in [0.2, 0.25) is 5.91 Å². The van der Waals surface area contributed by atoms with Gasteiger partial charge in [-0.3, -0.25) is 9.59 Å². The molecule has 0 unspecified atom stereocenters. The molecule has 0 spiro atoms. The number of nitrogens with one attached hydrogen (secondary N) is 2. The number of amides is 2. The first-order valence-electron chi connectivity index (χ1n) is 13.6. The largest absolute Gasteiger partial charge is 0.462 e. The van der Waals surface area contributed by atoms with E-state index in [0.717, 1.165) is 48.1 Å². The summed E-state index contributed by atoms with van der Waals surface area (Å²) in [5.74, 6) is -0.130. The van der Waals surface area contributed by atoms with Crippen LogP contribution in [0.4, 0.5) is 5.00 Å². The number of fused-ring (bicyclic) bond motifs is 1. The Hall–Kier alpha value is -3.90. The minimum absolute atomic E-state index is 0.0764. The maximum atomic E-state index is 13.1. The van der Waals surface area contributed by atoms with Gasteiger partial charge in [-0.1, -0.05) is 42.1 Å². The number of benzene rings is 1. The van der Waals surface area contributed by atoms with Crippen molar-refractivity contribution in [1.29, 1.82) is 0 Å². The summed E-state index contributed by atoms with van der Waals surface area (Å²) in [6.45, 7) is 2.77. The molecule has 1 aliphatic carbocycles. The molecule has 0 saturated carbocycles. The van der Waals surface area contributed by atoms with E-state index in [9.17, 15) is 14.4 Å². The molecule has 1 aromatic carbocycles. The van der Waals surface area contributed by atoms with E-state index in [-0.39, 0.29) is 36.5 Å². The van der Waals surface area contributed by atoms with Gasteiger partial charge in [0.05, 0.1) is 30.7 Å². The molecule has 3 aromatic heterocycles. The van der Waals surface area contributed by atoms with Crippen molar-refractivity contribution in [2.45, 2.75) is 57.3 Å². The van der Waals surface area contributed by atoms with Crippen LogP contribution in [0.25, 0.3) is 0 Å². The third kappa shape index (κ3) is 7.06. The second kappa shape index (κ2) is 13.6. The number of thiophene rings is 1. The SMILES string of the molecule is CCOC(=O)c1c(NC(=O)CSc2nnc(CNC(=O)c3ccco3)n2CCc2ccccc2)sc2c1CCCC2. The molecule has 3 heterocycles. The van der Waals surface area contributed by atoms with E-state index in [1.54, 1.807) is 19.1 Å². The van der Waals surface area contributed by atoms with Crippen LogP contribution in [0.5, 0.6) is 0 Å². The maximum Gasteiger partial charge on any atom is 0.341 e. The van der Waals surface area contributed by atoms with Crippen LogP contribution in [0.3, 0.4) is 0 Å². The Kier molecular flexibility index (Phi) is 9.52. The number of anilines is 1. The normalized spacial score (nSPS) is 12.5. The summed E-state index contributed by atoms with van der Waals surface area (Å²) in [5.41, 5.74) is 2.64. The molecule has 10 nitrogen and oxygen atoms in total. The number of carbonyl (C=O) groups excluding carboxylic acids is 3. The number of furan rings is 1. The quantitative estimate of drug-likeness (QED) is 0.176. The first-order chi connectivity index (χ1) is 20.0. The third-order valence-corrected chi connectivity index (χ3v) is 8.82. The monoisotopic (exact) mass is 593 g/mol. The number of hydrogen-bond acceptors (Lipinski definition) is 9. The van der Waals surface area contributed by atoms with Gasteiger partial charge in [-0.15, -0.1) is 21.5 Å². The van der Waals surface area contributed by atoms with Gasteiger partial charge in [-0.25, -0.2) is 4.79 Å². The molecular weight excluding hydrogens is 562 g/mol. The zero-order valence-corrected chi connectivity index (χ0v) is 24.3. The van der Waals surface area contributed by atoms with E-state index >= 15 is 0 Å². The third-order valence-electron chi connectivity index (χ3n) is 6.65. The molecule has 0 bridgehead atoms. The van der Waals surface area contributed by atoms with Crippen LogP contribution in [0.15, 0.2) is 58.3 Å². The average molecular weight is 594 g/mol. The van der Waals surface area contributed by atoms with Gasteiger partial charge in [0.1, 0.15) is 5.00 Å². The van der Waals surface area contributed by atoms with Crippen LogP contribution in [-0.2, 0) is 41.9 Å². The highest BCUT2D eigenvalue weighted by Gasteiger charge is 2.27. The molecule has 12 heteroatoms. The summed E-state index contributed by atoms with van der Waals surface area (Å²) in [5, 5.41) is 15.5. The zero-order valence-electron chi connectivity index (χ0n) is 22.7. The van der Waals surface area contributed by atoms with E-state index < -0.39 is 5.97 Å². The van der Waals surface area contributed by atoms with Crippen molar-refractivity contribution < 1.29 is 23.5 Å². The molecule has 5 rings (SSSR count). The summed E-state index contributed by atoms with van der Waals surface area (Å²) in [6.07, 6.45) is 5.97. The smallest absolute Gasteiger partial charge is 0.341 e. The predicted octanol–water partition coefficient (Wildman–Crippen LogP) is 4.89. The molecule has 1 aliphatic rings. The van der Waals surface area contributed by atoms with Gasteiger partial charge < -0.3 is 24.4 Å². The van der Waals surface area contributed by atoms with Crippen LogP contribution < -0.4 is 10.6 Å². The van der Waals surface area contributed by atoms with Crippen LogP contribution >= 0.6 is 23.1 Å². The number of esters is 1. The molecule has 0 fully saturated rings. The number of rotatable bonds is 12. The van der Waals surface area contributed by atoms with Crippen molar-refractivity contribution >= 4 is 45.9 Å². The summed E-state index contributed by atoms with van der Waals surface area (Å²) in [6, 6.07) is 13.3. The second-order valence-electron chi connectivity index (χ2n) is 9.42. The van der Waals surface area contributed by atoms with Crippen LogP contribution in [0.1, 0.15) is 62.5 Å². The fraction of sp³-hybridized carbons (Fsp3) is 0.345. The van der Waals surface area contributed by atoms with Crippen LogP contribution in [0.2, 0.25) is 0 Å². The molecule has 0 atom stereocenters. The molecule has 41 heavy (non-hydrogen) atoms. The first-order valence-corrected chi connectivity index (χ1v) is 15.4. The van der Waals surface area contributed by atoms with Gasteiger partial charge in [0, 0.05) is 11.4 Å². The van der Waals surface area contributed by atoms with Gasteiger partial charge in [-0.05, 0) is 62.3 Å². The Morgan fingerprint density at radius 1 is 1.10 bits per heavy atom. The summed E-state index contributed by atoms with van der Waals surface area (Å²) < 4.78 is 12.4. The summed E-state index contributed by atoms with van der Waals surface area (Å²) in [7, 11) is 0. The topological polar surface area (TPSA) is 128 Å². The molecular formula is C29H31N5O5S2. The Balaban J connectivity index is 1.28. The maximum absolute atomic E-state index is 13.1. The van der Waals surface area contributed by atoms with Gasteiger partial charge in [0.15, 0.2) is 16.7 Å². The first kappa shape index (κ1) is 28.6. The van der Waals surface area contributed by atoms with Crippen molar-refractivity contribution in [3.63, 3.8) is 0 Å². The van der Waals surface area contributed by atoms with E-state index in [1.807, 2.05) is 34.9 Å². The Bertz CT molecular complexity index is 1500. The fourth-order valence-corrected chi connectivity index (χ4v) is 6.76. The standard InChI is InChI=1S/C29H31N5O5S2/c1-2-38-28(37)25-20-11-6-7-13-22(20)41-27(25)31-24(35)18-40-29-33-32-23(17-30-26(36)21-12-8-16-39-21)34(29)15-14-19-9-4-3-5-10-19/h3-5,8-10,12,16H,2,6-7,11,13-15,17-18H2,1H3,(H,30,36)(H,31,35). The van der Waals surface area contributed by atoms with Crippen molar-refractivity contribution in [1.82, 2.24) is 20.1 Å². The highest BCUT2D eigenvalue weighted by atomic mass is 32.2. The van der Waals surface area contributed by atoms with E-state index in [1.165, 1.54) is 29.4 Å². The van der Waals surface area contributed by atoms with E-state index in [2.05, 4.69) is 20.8 Å². The number of aryl methyl sites for hydroxylation is 2. The van der Waals surface area contributed by atoms with Gasteiger partial charge >= 0.3 is 5.97 Å². The van der Waals surface area contributed by atoms with Crippen molar-refractivity contribution in [3.8, 4) is 0 Å². The lowest BCUT2D eigenvalue weighted by atomic mass is 9.95. The average Bonchev–Trinajstić information content (AvgIpc) is 3.73. The Morgan fingerprint density at radius 3 is 2.71 bits per heavy atom. The van der Waals surface area contributed by atoms with Crippen LogP contribution in [0, 0.1) is 0 Å². The number of thioether (sulfide) groups is 1. The minimum Gasteiger partial charge on any atom is -0.462 e. The van der Waals surface area contributed by atoms with Gasteiger partial charge in [0.25, 0.3) is 5.91 Å². The van der Waals surface area contributed by atoms with Crippen LogP contribution in [-0.4, -0.2) is 44.9 Å². The van der Waals surface area contributed by atoms with E-state index in [0.29, 0.717) is 28.1 Å². The molecule has 0 radical (unpaired) electrons. The predicted molar refractivity (Wildman–Crippen MR) is 156 cm³/mol. The van der Waals surface area contributed by atoms with Gasteiger partial charge in [-0.2, -0.15) is 0 Å². The molecule has 0 aliphatic heterocycles. The highest BCUT2D eigenvalue weighted by molar-refractivity contribution is 7.99. The molecule has 0 saturated heterocycles. The number of aromatic nitrogens is 3. The molecule has 2 amide bonds. The molecule has 2 N–H and O–H groups in total. The van der Waals surface area contributed by atoms with Crippen molar-refractivity contribution in [3.05, 3.63) is 81.9 Å². The number of nitrogens with zero attached hydrogens (tertiary/aromatic N) is 3. The summed E-state index contributed by atoms with van der Waals surface area (Å²) >= 11 is 2.72. The molecule has 4 aromatic rings. The zero-order chi connectivity index (χ0) is 28.6. The Morgan fingerprint density at radius 2 is 1.93 bits per heavy atom. The number of hydrogen-bond donors (Lipinski definition) is 2. The molecule has 214 valence electrons. The second-order valence-corrected chi connectivity index (χ2v) is 11.5. The van der Waals surface area contributed by atoms with E-state index in [4.69, 9.17) is 9.15 Å². The lowest BCUT2D eigenvalue weighted by molar-refractivity contribution is -0.113. The lowest BCUT2D eigenvalue weighted by Gasteiger charge is -2.12. The van der Waals surface area contributed by atoms with Crippen molar-refractivity contribution in [2.75, 3.05) is 17.7 Å². The highest BCUT2D eigenvalue weighted by Crippen LogP contribution is 2.38. The number of ether oxygens (including phenoxy) is 1. The van der Waals surface area contributed by atoms with Crippen molar-refractivity contribution in [2.24, 2.45) is 0 Å². The summed E-state index contributed by atoms with van der Waals surface area (Å²) in [4.78, 5) is 39.4. The number of carbonyl (C=O) groups is 3.